The number of nitrogens with zero attached hydrogens (tertiary/aromatic N) is 2. The molecule has 0 radical (unpaired) electrons. The summed E-state index contributed by atoms with van der Waals surface area (Å²) < 4.78 is 0. The quantitative estimate of drug-likeness (QED) is 0.698. The number of hydrogen-bond donors (Lipinski definition) is 0. The lowest BCUT2D eigenvalue weighted by Crippen LogP contribution is -2.35. The number of likely N-dealkylation sites (N-methyl/N-ethyl adjacent to an activating group) is 1. The van der Waals surface area contributed by atoms with E-state index in [2.05, 4.69) is 41.3 Å². The molecule has 1 aliphatic heterocycles. The van der Waals surface area contributed by atoms with Crippen LogP contribution in [0.3, 0.4) is 0 Å². The second-order valence-electron chi connectivity index (χ2n) is 6.57. The van der Waals surface area contributed by atoms with E-state index in [4.69, 9.17) is 0 Å². The highest BCUT2D eigenvalue weighted by molar-refractivity contribution is 7.98. The fraction of sp³-hybridized carbons (Fsp3) is 0.381. The lowest BCUT2D eigenvalue weighted by Gasteiger charge is -2.21. The van der Waals surface area contributed by atoms with E-state index in [9.17, 15) is 4.79 Å². The van der Waals surface area contributed by atoms with Crippen molar-refractivity contribution in [3.63, 3.8) is 0 Å². The van der Waals surface area contributed by atoms with Crippen LogP contribution in [0.5, 0.6) is 0 Å². The number of carbonyl (C=O) groups excluding carboxylic acids is 1. The van der Waals surface area contributed by atoms with E-state index < -0.39 is 0 Å². The first kappa shape index (κ1) is 18.0. The van der Waals surface area contributed by atoms with Crippen LogP contribution in [0.4, 0.5) is 0 Å². The van der Waals surface area contributed by atoms with Crippen molar-refractivity contribution in [2.75, 3.05) is 33.2 Å². The van der Waals surface area contributed by atoms with Gasteiger partial charge in [-0.1, -0.05) is 30.3 Å². The molecule has 0 aliphatic carbocycles. The third kappa shape index (κ3) is 5.35. The normalized spacial score (nSPS) is 14.6. The Bertz CT molecular complexity index is 666. The van der Waals surface area contributed by atoms with E-state index in [1.54, 1.807) is 11.8 Å². The summed E-state index contributed by atoms with van der Waals surface area (Å²) in [7, 11) is 1.90. The Labute approximate surface area is 155 Å². The summed E-state index contributed by atoms with van der Waals surface area (Å²) in [6.07, 6.45) is 2.58. The van der Waals surface area contributed by atoms with Crippen LogP contribution in [-0.4, -0.2) is 48.9 Å². The Balaban J connectivity index is 1.49. The van der Waals surface area contributed by atoms with E-state index in [1.807, 2.05) is 30.1 Å². The summed E-state index contributed by atoms with van der Waals surface area (Å²) in [6.45, 7) is 4.13. The van der Waals surface area contributed by atoms with E-state index in [-0.39, 0.29) is 5.91 Å². The molecule has 3 nitrogen and oxygen atoms in total. The molecule has 4 heteroatoms. The van der Waals surface area contributed by atoms with Crippen LogP contribution in [0.1, 0.15) is 28.8 Å². The summed E-state index contributed by atoms with van der Waals surface area (Å²) in [5.41, 5.74) is 2.09. The highest BCUT2D eigenvalue weighted by Crippen LogP contribution is 2.23. The maximum absolute atomic E-state index is 12.5. The van der Waals surface area contributed by atoms with Gasteiger partial charge in [-0.25, -0.2) is 0 Å². The Morgan fingerprint density at radius 1 is 1.04 bits per heavy atom. The van der Waals surface area contributed by atoms with Crippen LogP contribution >= 0.6 is 11.8 Å². The molecule has 0 bridgehead atoms. The zero-order valence-corrected chi connectivity index (χ0v) is 15.7. The minimum absolute atomic E-state index is 0.110. The highest BCUT2D eigenvalue weighted by Gasteiger charge is 2.15. The lowest BCUT2D eigenvalue weighted by molar-refractivity contribution is 0.0782. The van der Waals surface area contributed by atoms with Gasteiger partial charge in [-0.05, 0) is 55.8 Å². The molecule has 0 atom stereocenters. The van der Waals surface area contributed by atoms with Crippen LogP contribution in [0.15, 0.2) is 59.5 Å². The summed E-state index contributed by atoms with van der Waals surface area (Å²) in [4.78, 5) is 18.0. The van der Waals surface area contributed by atoms with Gasteiger partial charge in [-0.3, -0.25) is 4.79 Å². The molecule has 1 fully saturated rings. The molecule has 1 saturated heterocycles. The molecule has 2 aromatic carbocycles. The monoisotopic (exact) mass is 354 g/mol. The summed E-state index contributed by atoms with van der Waals surface area (Å²) in [5, 5.41) is 0. The van der Waals surface area contributed by atoms with Crippen molar-refractivity contribution >= 4 is 17.7 Å². The van der Waals surface area contributed by atoms with Gasteiger partial charge >= 0.3 is 0 Å². The molecule has 1 aliphatic rings. The van der Waals surface area contributed by atoms with E-state index in [0.29, 0.717) is 0 Å². The fourth-order valence-corrected chi connectivity index (χ4v) is 3.91. The van der Waals surface area contributed by atoms with Crippen LogP contribution in [0.2, 0.25) is 0 Å². The van der Waals surface area contributed by atoms with Gasteiger partial charge in [0.25, 0.3) is 5.91 Å². The molecule has 132 valence electrons. The van der Waals surface area contributed by atoms with Crippen molar-refractivity contribution in [3.8, 4) is 0 Å². The zero-order valence-electron chi connectivity index (χ0n) is 14.9. The van der Waals surface area contributed by atoms with Crippen LogP contribution < -0.4 is 0 Å². The predicted molar refractivity (Wildman–Crippen MR) is 105 cm³/mol. The van der Waals surface area contributed by atoms with Gasteiger partial charge < -0.3 is 9.80 Å². The van der Waals surface area contributed by atoms with Gasteiger partial charge in [0.05, 0.1) is 0 Å². The van der Waals surface area contributed by atoms with E-state index in [1.165, 1.54) is 36.4 Å². The molecule has 0 N–H and O–H groups in total. The van der Waals surface area contributed by atoms with Crippen molar-refractivity contribution in [1.82, 2.24) is 9.80 Å². The predicted octanol–water partition coefficient (Wildman–Crippen LogP) is 4.15. The topological polar surface area (TPSA) is 23.6 Å². The number of benzene rings is 2. The van der Waals surface area contributed by atoms with Crippen LogP contribution in [0, 0.1) is 0 Å². The Kier molecular flexibility index (Phi) is 6.54. The summed E-state index contributed by atoms with van der Waals surface area (Å²) >= 11 is 1.80. The SMILES string of the molecule is CN(CCN1CCCC1)C(=O)c1ccc(SCc2ccccc2)cc1. The molecule has 0 spiro atoms. The summed E-state index contributed by atoms with van der Waals surface area (Å²) in [6, 6.07) is 18.4. The first-order valence-corrected chi connectivity index (χ1v) is 9.95. The second kappa shape index (κ2) is 9.07. The minimum atomic E-state index is 0.110. The smallest absolute Gasteiger partial charge is 0.253 e. The van der Waals surface area contributed by atoms with Crippen LogP contribution in [-0.2, 0) is 5.75 Å². The molecule has 2 aromatic rings. The standard InChI is InChI=1S/C21H26N2OS/c1-22(15-16-23-13-5-6-14-23)21(24)19-9-11-20(12-10-19)25-17-18-7-3-2-4-8-18/h2-4,7-12H,5-6,13-17H2,1H3. The van der Waals surface area contributed by atoms with Gasteiger partial charge in [0.1, 0.15) is 0 Å². The van der Waals surface area contributed by atoms with Crippen molar-refractivity contribution in [3.05, 3.63) is 65.7 Å². The van der Waals surface area contributed by atoms with E-state index in [0.717, 1.165) is 24.4 Å². The number of carbonyl (C=O) groups is 1. The van der Waals surface area contributed by atoms with Gasteiger partial charge in [-0.15, -0.1) is 11.8 Å². The number of amides is 1. The third-order valence-corrected chi connectivity index (χ3v) is 5.73. The first-order chi connectivity index (χ1) is 12.2. The molecular formula is C21H26N2OS. The van der Waals surface area contributed by atoms with Crippen LogP contribution in [0.25, 0.3) is 0 Å². The Morgan fingerprint density at radius 3 is 2.40 bits per heavy atom. The molecule has 0 aromatic heterocycles. The average Bonchev–Trinajstić information content (AvgIpc) is 3.19. The Morgan fingerprint density at radius 2 is 1.72 bits per heavy atom. The van der Waals surface area contributed by atoms with Crippen molar-refractivity contribution < 1.29 is 4.79 Å². The largest absolute Gasteiger partial charge is 0.340 e. The maximum Gasteiger partial charge on any atom is 0.253 e. The van der Waals surface area contributed by atoms with Crippen molar-refractivity contribution in [1.29, 1.82) is 0 Å². The zero-order chi connectivity index (χ0) is 17.5. The molecule has 1 amide bonds. The summed E-state index contributed by atoms with van der Waals surface area (Å²) in [5.74, 6) is 1.06. The number of hydrogen-bond acceptors (Lipinski definition) is 3. The van der Waals surface area contributed by atoms with Gasteiger partial charge in [0.15, 0.2) is 0 Å². The maximum atomic E-state index is 12.5. The first-order valence-electron chi connectivity index (χ1n) is 8.97. The number of thioether (sulfide) groups is 1. The molecule has 0 unspecified atom stereocenters. The highest BCUT2D eigenvalue weighted by atomic mass is 32.2. The van der Waals surface area contributed by atoms with Crippen molar-refractivity contribution in [2.45, 2.75) is 23.5 Å². The van der Waals surface area contributed by atoms with Gasteiger partial charge in [-0.2, -0.15) is 0 Å². The lowest BCUT2D eigenvalue weighted by atomic mass is 10.2. The molecule has 3 rings (SSSR count). The molecule has 0 saturated carbocycles. The second-order valence-corrected chi connectivity index (χ2v) is 7.62. The minimum Gasteiger partial charge on any atom is -0.340 e. The fourth-order valence-electron chi connectivity index (χ4n) is 3.05. The molecule has 25 heavy (non-hydrogen) atoms. The van der Waals surface area contributed by atoms with Gasteiger partial charge in [0, 0.05) is 36.3 Å². The number of rotatable bonds is 7. The average molecular weight is 355 g/mol. The Hall–Kier alpha value is -1.78. The van der Waals surface area contributed by atoms with Crippen molar-refractivity contribution in [2.24, 2.45) is 0 Å². The van der Waals surface area contributed by atoms with Gasteiger partial charge in [0.2, 0.25) is 0 Å². The molecule has 1 heterocycles. The van der Waals surface area contributed by atoms with E-state index >= 15 is 0 Å². The molecular weight excluding hydrogens is 328 g/mol. The third-order valence-electron chi connectivity index (χ3n) is 4.65. The number of likely N-dealkylation sites (tertiary alicyclic amines) is 1.